The van der Waals surface area contributed by atoms with Gasteiger partial charge in [0.05, 0.1) is 5.41 Å². The third-order valence-electron chi connectivity index (χ3n) is 3.52. The van der Waals surface area contributed by atoms with Gasteiger partial charge in [-0.2, -0.15) is 0 Å². The fourth-order valence-electron chi connectivity index (χ4n) is 2.18. The van der Waals surface area contributed by atoms with Crippen LogP contribution in [0, 0.1) is 5.41 Å². The fraction of sp³-hybridized carbons (Fsp3) is 0.500. The SMILES string of the molecule is CC1(C(=O)Nc2ccc(Br)cn2)CCCC1N. The van der Waals surface area contributed by atoms with Crippen LogP contribution in [0.4, 0.5) is 5.82 Å². The van der Waals surface area contributed by atoms with Gasteiger partial charge >= 0.3 is 0 Å². The molecular formula is C12H16BrN3O. The van der Waals surface area contributed by atoms with Gasteiger partial charge in [-0.3, -0.25) is 4.79 Å². The molecule has 5 heteroatoms. The van der Waals surface area contributed by atoms with E-state index in [1.165, 1.54) is 0 Å². The second kappa shape index (κ2) is 4.74. The molecule has 2 atom stereocenters. The lowest BCUT2D eigenvalue weighted by Gasteiger charge is -2.27. The summed E-state index contributed by atoms with van der Waals surface area (Å²) in [5.74, 6) is 0.538. The molecule has 1 saturated carbocycles. The molecule has 1 aromatic heterocycles. The summed E-state index contributed by atoms with van der Waals surface area (Å²) in [6.07, 6.45) is 4.43. The van der Waals surface area contributed by atoms with Crippen molar-refractivity contribution in [2.45, 2.75) is 32.2 Å². The number of anilines is 1. The first-order valence-electron chi connectivity index (χ1n) is 5.71. The van der Waals surface area contributed by atoms with Crippen LogP contribution in [0.1, 0.15) is 26.2 Å². The second-order valence-corrected chi connectivity index (χ2v) is 5.65. The highest BCUT2D eigenvalue weighted by Gasteiger charge is 2.43. The molecule has 0 aromatic carbocycles. The lowest BCUT2D eigenvalue weighted by Crippen LogP contribution is -2.44. The first kappa shape index (κ1) is 12.5. The normalized spacial score (nSPS) is 28.1. The molecule has 1 heterocycles. The maximum Gasteiger partial charge on any atom is 0.233 e. The van der Waals surface area contributed by atoms with Crippen molar-refractivity contribution in [1.29, 1.82) is 0 Å². The van der Waals surface area contributed by atoms with Crippen LogP contribution in [-0.4, -0.2) is 16.9 Å². The van der Waals surface area contributed by atoms with Crippen molar-refractivity contribution < 1.29 is 4.79 Å². The van der Waals surface area contributed by atoms with E-state index in [0.29, 0.717) is 5.82 Å². The summed E-state index contributed by atoms with van der Waals surface area (Å²) in [4.78, 5) is 16.3. The van der Waals surface area contributed by atoms with Crippen LogP contribution in [-0.2, 0) is 4.79 Å². The van der Waals surface area contributed by atoms with E-state index < -0.39 is 5.41 Å². The largest absolute Gasteiger partial charge is 0.327 e. The van der Waals surface area contributed by atoms with Gasteiger partial charge in [0.15, 0.2) is 0 Å². The molecule has 1 aliphatic carbocycles. The van der Waals surface area contributed by atoms with Crippen molar-refractivity contribution in [2.24, 2.45) is 11.1 Å². The molecule has 1 aromatic rings. The Morgan fingerprint density at radius 2 is 2.41 bits per heavy atom. The van der Waals surface area contributed by atoms with Gasteiger partial charge in [0, 0.05) is 16.7 Å². The lowest BCUT2D eigenvalue weighted by atomic mass is 9.84. The number of halogens is 1. The van der Waals surface area contributed by atoms with Gasteiger partial charge in [0.25, 0.3) is 0 Å². The molecule has 2 unspecified atom stereocenters. The van der Waals surface area contributed by atoms with Gasteiger partial charge in [-0.15, -0.1) is 0 Å². The Kier molecular flexibility index (Phi) is 3.49. The molecular weight excluding hydrogens is 282 g/mol. The average molecular weight is 298 g/mol. The van der Waals surface area contributed by atoms with Gasteiger partial charge in [0.2, 0.25) is 5.91 Å². The van der Waals surface area contributed by atoms with E-state index in [9.17, 15) is 4.79 Å². The Morgan fingerprint density at radius 3 is 2.94 bits per heavy atom. The van der Waals surface area contributed by atoms with Crippen molar-refractivity contribution in [2.75, 3.05) is 5.32 Å². The number of aromatic nitrogens is 1. The Balaban J connectivity index is 2.09. The molecule has 4 nitrogen and oxygen atoms in total. The van der Waals surface area contributed by atoms with Crippen LogP contribution in [0.3, 0.4) is 0 Å². The topological polar surface area (TPSA) is 68.0 Å². The van der Waals surface area contributed by atoms with Crippen LogP contribution in [0.5, 0.6) is 0 Å². The number of carbonyl (C=O) groups excluding carboxylic acids is 1. The van der Waals surface area contributed by atoms with E-state index in [4.69, 9.17) is 5.73 Å². The van der Waals surface area contributed by atoms with Crippen molar-refractivity contribution in [3.05, 3.63) is 22.8 Å². The molecule has 1 aliphatic rings. The standard InChI is InChI=1S/C12H16BrN3O/c1-12(6-2-3-9(12)14)11(17)16-10-5-4-8(13)7-15-10/h4-5,7,9H,2-3,6,14H2,1H3,(H,15,16,17). The van der Waals surface area contributed by atoms with Crippen LogP contribution < -0.4 is 11.1 Å². The Bertz CT molecular complexity index is 420. The van der Waals surface area contributed by atoms with Crippen LogP contribution in [0.15, 0.2) is 22.8 Å². The number of nitrogens with two attached hydrogens (primary N) is 1. The number of hydrogen-bond donors (Lipinski definition) is 2. The van der Waals surface area contributed by atoms with E-state index >= 15 is 0 Å². The summed E-state index contributed by atoms with van der Waals surface area (Å²) in [5, 5.41) is 2.83. The highest BCUT2D eigenvalue weighted by molar-refractivity contribution is 9.10. The number of nitrogens with zero attached hydrogens (tertiary/aromatic N) is 1. The highest BCUT2D eigenvalue weighted by atomic mass is 79.9. The molecule has 92 valence electrons. The molecule has 3 N–H and O–H groups in total. The number of carbonyl (C=O) groups is 1. The fourth-order valence-corrected chi connectivity index (χ4v) is 2.42. The van der Waals surface area contributed by atoms with Gasteiger partial charge in [-0.1, -0.05) is 6.42 Å². The first-order chi connectivity index (χ1) is 8.02. The van der Waals surface area contributed by atoms with E-state index in [0.717, 1.165) is 23.7 Å². The maximum atomic E-state index is 12.2. The van der Waals surface area contributed by atoms with Crippen LogP contribution >= 0.6 is 15.9 Å². The maximum absolute atomic E-state index is 12.2. The molecule has 1 fully saturated rings. The van der Waals surface area contributed by atoms with Crippen molar-refractivity contribution >= 4 is 27.7 Å². The predicted octanol–water partition coefficient (Wildman–Crippen LogP) is 2.30. The molecule has 0 spiro atoms. The molecule has 0 saturated heterocycles. The minimum atomic E-state index is -0.464. The minimum absolute atomic E-state index is 0.0303. The van der Waals surface area contributed by atoms with Crippen molar-refractivity contribution in [1.82, 2.24) is 4.98 Å². The number of pyridine rings is 1. The zero-order valence-electron chi connectivity index (χ0n) is 9.74. The predicted molar refractivity (Wildman–Crippen MR) is 70.5 cm³/mol. The lowest BCUT2D eigenvalue weighted by molar-refractivity contribution is -0.125. The molecule has 1 amide bonds. The molecule has 0 aliphatic heterocycles. The van der Waals surface area contributed by atoms with Crippen molar-refractivity contribution in [3.63, 3.8) is 0 Å². The summed E-state index contributed by atoms with van der Waals surface area (Å²) >= 11 is 3.30. The highest BCUT2D eigenvalue weighted by Crippen LogP contribution is 2.37. The monoisotopic (exact) mass is 297 g/mol. The summed E-state index contributed by atoms with van der Waals surface area (Å²) in [7, 11) is 0. The van der Waals surface area contributed by atoms with Crippen LogP contribution in [0.25, 0.3) is 0 Å². The Labute approximate surface area is 109 Å². The van der Waals surface area contributed by atoms with E-state index in [1.54, 1.807) is 12.3 Å². The third kappa shape index (κ3) is 2.50. The zero-order chi connectivity index (χ0) is 12.5. The van der Waals surface area contributed by atoms with E-state index in [2.05, 4.69) is 26.2 Å². The molecule has 17 heavy (non-hydrogen) atoms. The summed E-state index contributed by atoms with van der Waals surface area (Å²) in [5.41, 5.74) is 5.54. The molecule has 2 rings (SSSR count). The second-order valence-electron chi connectivity index (χ2n) is 4.73. The third-order valence-corrected chi connectivity index (χ3v) is 3.99. The van der Waals surface area contributed by atoms with Gasteiger partial charge in [0.1, 0.15) is 5.82 Å². The Hall–Kier alpha value is -0.940. The first-order valence-corrected chi connectivity index (χ1v) is 6.50. The number of rotatable bonds is 2. The van der Waals surface area contributed by atoms with Crippen LogP contribution in [0.2, 0.25) is 0 Å². The smallest absolute Gasteiger partial charge is 0.233 e. The van der Waals surface area contributed by atoms with Gasteiger partial charge < -0.3 is 11.1 Å². The van der Waals surface area contributed by atoms with E-state index in [-0.39, 0.29) is 11.9 Å². The van der Waals surface area contributed by atoms with Gasteiger partial charge in [-0.25, -0.2) is 4.98 Å². The quantitative estimate of drug-likeness (QED) is 0.880. The summed E-state index contributed by atoms with van der Waals surface area (Å²) < 4.78 is 0.888. The number of amides is 1. The Morgan fingerprint density at radius 1 is 1.65 bits per heavy atom. The zero-order valence-corrected chi connectivity index (χ0v) is 11.3. The molecule has 0 radical (unpaired) electrons. The average Bonchev–Trinajstić information content (AvgIpc) is 2.64. The van der Waals surface area contributed by atoms with Gasteiger partial charge in [-0.05, 0) is 47.8 Å². The number of nitrogens with one attached hydrogen (secondary N) is 1. The number of hydrogen-bond acceptors (Lipinski definition) is 3. The minimum Gasteiger partial charge on any atom is -0.327 e. The summed E-state index contributed by atoms with van der Waals surface area (Å²) in [6, 6.07) is 3.56. The molecule has 0 bridgehead atoms. The van der Waals surface area contributed by atoms with E-state index in [1.807, 2.05) is 13.0 Å². The van der Waals surface area contributed by atoms with Crippen molar-refractivity contribution in [3.8, 4) is 0 Å². The summed E-state index contributed by atoms with van der Waals surface area (Å²) in [6.45, 7) is 1.93.